The first-order valence-corrected chi connectivity index (χ1v) is 8.90. The maximum absolute atomic E-state index is 12.1. The molecule has 0 heterocycles. The van der Waals surface area contributed by atoms with Gasteiger partial charge in [-0.05, 0) is 48.2 Å². The number of carbonyl (C=O) groups excluding carboxylic acids is 1. The van der Waals surface area contributed by atoms with Gasteiger partial charge in [0.25, 0.3) is 0 Å². The molecule has 1 N–H and O–H groups in total. The van der Waals surface area contributed by atoms with E-state index in [1.807, 2.05) is 60.7 Å². The molecule has 3 rings (SSSR count). The van der Waals surface area contributed by atoms with Crippen LogP contribution < -0.4 is 10.1 Å². The molecule has 0 atom stereocenters. The molecule has 3 heteroatoms. The lowest BCUT2D eigenvalue weighted by atomic mass is 10.1. The summed E-state index contributed by atoms with van der Waals surface area (Å²) in [5.41, 5.74) is 3.11. The highest BCUT2D eigenvalue weighted by Crippen LogP contribution is 2.16. The highest BCUT2D eigenvalue weighted by molar-refractivity contribution is 5.92. The Morgan fingerprint density at radius 3 is 2.04 bits per heavy atom. The second-order valence-corrected chi connectivity index (χ2v) is 6.17. The van der Waals surface area contributed by atoms with Crippen LogP contribution in [0.1, 0.15) is 17.5 Å². The molecule has 0 aromatic heterocycles. The first kappa shape index (κ1) is 17.7. The lowest BCUT2D eigenvalue weighted by Crippen LogP contribution is -2.14. The molecular formula is C23H23NO2. The van der Waals surface area contributed by atoms with E-state index in [2.05, 4.69) is 29.6 Å². The summed E-state index contributed by atoms with van der Waals surface area (Å²) in [6, 6.07) is 27.6. The molecule has 0 aliphatic rings. The van der Waals surface area contributed by atoms with E-state index in [0.29, 0.717) is 13.0 Å². The van der Waals surface area contributed by atoms with Crippen molar-refractivity contribution < 1.29 is 9.53 Å². The molecule has 3 nitrogen and oxygen atoms in total. The van der Waals surface area contributed by atoms with Crippen LogP contribution in [-0.4, -0.2) is 12.5 Å². The van der Waals surface area contributed by atoms with Crippen molar-refractivity contribution in [3.63, 3.8) is 0 Å². The van der Waals surface area contributed by atoms with Gasteiger partial charge < -0.3 is 10.1 Å². The molecule has 132 valence electrons. The summed E-state index contributed by atoms with van der Waals surface area (Å²) in [5, 5.41) is 2.91. The van der Waals surface area contributed by atoms with Crippen LogP contribution in [0.2, 0.25) is 0 Å². The van der Waals surface area contributed by atoms with Crippen molar-refractivity contribution in [3.8, 4) is 5.75 Å². The van der Waals surface area contributed by atoms with E-state index < -0.39 is 0 Å². The van der Waals surface area contributed by atoms with Crippen LogP contribution in [0, 0.1) is 0 Å². The summed E-state index contributed by atoms with van der Waals surface area (Å²) in [6.45, 7) is 0.675. The molecule has 3 aromatic rings. The van der Waals surface area contributed by atoms with E-state index in [4.69, 9.17) is 4.74 Å². The molecule has 0 fully saturated rings. The first-order chi connectivity index (χ1) is 12.8. The predicted molar refractivity (Wildman–Crippen MR) is 105 cm³/mol. The standard InChI is InChI=1S/C23H23NO2/c25-23(18-20-10-5-2-6-11-20)24-21-13-15-22(16-14-21)26-17-7-12-19-8-3-1-4-9-19/h1-6,8-11,13-16H,7,12,17-18H2,(H,24,25). The van der Waals surface area contributed by atoms with Gasteiger partial charge in [0, 0.05) is 5.69 Å². The van der Waals surface area contributed by atoms with Crippen LogP contribution in [-0.2, 0) is 17.6 Å². The van der Waals surface area contributed by atoms with Crippen LogP contribution in [0.3, 0.4) is 0 Å². The smallest absolute Gasteiger partial charge is 0.228 e. The van der Waals surface area contributed by atoms with Crippen molar-refractivity contribution >= 4 is 11.6 Å². The van der Waals surface area contributed by atoms with Gasteiger partial charge in [0.2, 0.25) is 5.91 Å². The molecular weight excluding hydrogens is 322 g/mol. The van der Waals surface area contributed by atoms with Gasteiger partial charge in [0.05, 0.1) is 13.0 Å². The van der Waals surface area contributed by atoms with Gasteiger partial charge in [-0.2, -0.15) is 0 Å². The van der Waals surface area contributed by atoms with Crippen molar-refractivity contribution in [3.05, 3.63) is 96.1 Å². The maximum Gasteiger partial charge on any atom is 0.228 e. The Hall–Kier alpha value is -3.07. The number of nitrogens with one attached hydrogen (secondary N) is 1. The van der Waals surface area contributed by atoms with E-state index in [1.54, 1.807) is 0 Å². The third-order valence-electron chi connectivity index (χ3n) is 4.07. The van der Waals surface area contributed by atoms with Gasteiger partial charge >= 0.3 is 0 Å². The van der Waals surface area contributed by atoms with Gasteiger partial charge in [-0.25, -0.2) is 0 Å². The summed E-state index contributed by atoms with van der Waals surface area (Å²) >= 11 is 0. The van der Waals surface area contributed by atoms with Crippen molar-refractivity contribution in [2.75, 3.05) is 11.9 Å². The van der Waals surface area contributed by atoms with Gasteiger partial charge in [0.15, 0.2) is 0 Å². The van der Waals surface area contributed by atoms with Crippen LogP contribution in [0.4, 0.5) is 5.69 Å². The molecule has 0 radical (unpaired) electrons. The van der Waals surface area contributed by atoms with E-state index in [1.165, 1.54) is 5.56 Å². The molecule has 3 aromatic carbocycles. The number of amides is 1. The fourth-order valence-corrected chi connectivity index (χ4v) is 2.73. The summed E-state index contributed by atoms with van der Waals surface area (Å²) in [7, 11) is 0. The van der Waals surface area contributed by atoms with Crippen LogP contribution >= 0.6 is 0 Å². The molecule has 0 unspecified atom stereocenters. The van der Waals surface area contributed by atoms with E-state index >= 15 is 0 Å². The third kappa shape index (κ3) is 5.78. The van der Waals surface area contributed by atoms with Crippen LogP contribution in [0.5, 0.6) is 5.75 Å². The number of rotatable bonds is 8. The molecule has 0 spiro atoms. The van der Waals surface area contributed by atoms with Crippen LogP contribution in [0.25, 0.3) is 0 Å². The maximum atomic E-state index is 12.1. The van der Waals surface area contributed by atoms with Crippen LogP contribution in [0.15, 0.2) is 84.9 Å². The van der Waals surface area contributed by atoms with Gasteiger partial charge in [-0.3, -0.25) is 4.79 Å². The SMILES string of the molecule is O=C(Cc1ccccc1)Nc1ccc(OCCCc2ccccc2)cc1. The van der Waals surface area contributed by atoms with E-state index in [9.17, 15) is 4.79 Å². The number of hydrogen-bond acceptors (Lipinski definition) is 2. The van der Waals surface area contributed by atoms with Gasteiger partial charge in [0.1, 0.15) is 5.75 Å². The van der Waals surface area contributed by atoms with Crippen molar-refractivity contribution in [2.45, 2.75) is 19.3 Å². The third-order valence-corrected chi connectivity index (χ3v) is 4.07. The second kappa shape index (κ2) is 9.42. The van der Waals surface area contributed by atoms with Crippen molar-refractivity contribution in [1.29, 1.82) is 0 Å². The number of carbonyl (C=O) groups is 1. The zero-order chi connectivity index (χ0) is 18.0. The second-order valence-electron chi connectivity index (χ2n) is 6.17. The highest BCUT2D eigenvalue weighted by atomic mass is 16.5. The minimum Gasteiger partial charge on any atom is -0.494 e. The Kier molecular flexibility index (Phi) is 6.43. The van der Waals surface area contributed by atoms with E-state index in [-0.39, 0.29) is 5.91 Å². The molecule has 0 aliphatic carbocycles. The number of hydrogen-bond donors (Lipinski definition) is 1. The van der Waals surface area contributed by atoms with Gasteiger partial charge in [-0.1, -0.05) is 60.7 Å². The largest absolute Gasteiger partial charge is 0.494 e. The van der Waals surface area contributed by atoms with Gasteiger partial charge in [-0.15, -0.1) is 0 Å². The molecule has 0 aliphatic heterocycles. The average Bonchev–Trinajstić information content (AvgIpc) is 2.68. The lowest BCUT2D eigenvalue weighted by Gasteiger charge is -2.09. The zero-order valence-electron chi connectivity index (χ0n) is 14.7. The normalized spacial score (nSPS) is 10.3. The topological polar surface area (TPSA) is 38.3 Å². The average molecular weight is 345 g/mol. The minimum absolute atomic E-state index is 0.0206. The number of anilines is 1. The summed E-state index contributed by atoms with van der Waals surface area (Å²) in [5.74, 6) is 0.798. The Bertz CT molecular complexity index is 799. The summed E-state index contributed by atoms with van der Waals surface area (Å²) in [4.78, 5) is 12.1. The number of ether oxygens (including phenoxy) is 1. The van der Waals surface area contributed by atoms with Crippen molar-refractivity contribution in [2.24, 2.45) is 0 Å². The Balaban J connectivity index is 1.41. The predicted octanol–water partition coefficient (Wildman–Crippen LogP) is 4.88. The Labute approximate surface area is 154 Å². The quantitative estimate of drug-likeness (QED) is 0.591. The monoisotopic (exact) mass is 345 g/mol. The van der Waals surface area contributed by atoms with Crippen molar-refractivity contribution in [1.82, 2.24) is 0 Å². The Morgan fingerprint density at radius 2 is 1.38 bits per heavy atom. The number of aryl methyl sites for hydroxylation is 1. The minimum atomic E-state index is -0.0206. The molecule has 0 bridgehead atoms. The number of benzene rings is 3. The molecule has 1 amide bonds. The molecule has 0 saturated heterocycles. The molecule has 0 saturated carbocycles. The fraction of sp³-hybridized carbons (Fsp3) is 0.174. The summed E-state index contributed by atoms with van der Waals surface area (Å²) < 4.78 is 5.77. The Morgan fingerprint density at radius 1 is 0.769 bits per heavy atom. The molecule has 26 heavy (non-hydrogen) atoms. The van der Waals surface area contributed by atoms with E-state index in [0.717, 1.165) is 29.8 Å². The summed E-state index contributed by atoms with van der Waals surface area (Å²) in [6.07, 6.45) is 2.35. The zero-order valence-corrected chi connectivity index (χ0v) is 14.7. The first-order valence-electron chi connectivity index (χ1n) is 8.90. The fourth-order valence-electron chi connectivity index (χ4n) is 2.73. The lowest BCUT2D eigenvalue weighted by molar-refractivity contribution is -0.115. The highest BCUT2D eigenvalue weighted by Gasteiger charge is 2.04.